The fourth-order valence-corrected chi connectivity index (χ4v) is 1.89. The van der Waals surface area contributed by atoms with E-state index in [0.29, 0.717) is 6.54 Å². The number of hydrogen-bond acceptors (Lipinski definition) is 2. The molecule has 2 rings (SSSR count). The van der Waals surface area contributed by atoms with Crippen LogP contribution in [-0.2, 0) is 18.4 Å². The lowest BCUT2D eigenvalue weighted by molar-refractivity contribution is 0.590. The van der Waals surface area contributed by atoms with Crippen molar-refractivity contribution in [3.63, 3.8) is 0 Å². The summed E-state index contributed by atoms with van der Waals surface area (Å²) in [6.07, 6.45) is 1.13. The van der Waals surface area contributed by atoms with Gasteiger partial charge in [0.05, 0.1) is 0 Å². The topological polar surface area (TPSA) is 52.0 Å². The highest BCUT2D eigenvalue weighted by Gasteiger charge is 2.12. The van der Waals surface area contributed by atoms with Gasteiger partial charge in [0.2, 0.25) is 0 Å². The molecule has 0 fully saturated rings. The van der Waals surface area contributed by atoms with Crippen LogP contribution in [0.15, 0.2) is 48.5 Å². The monoisotopic (exact) mass is 284 g/mol. The Balaban J connectivity index is 0.000000219. The number of aryl methyl sites for hydroxylation is 1. The maximum absolute atomic E-state index is 5.44. The highest BCUT2D eigenvalue weighted by Crippen LogP contribution is 2.22. The smallest absolute Gasteiger partial charge is 0.0314 e. The van der Waals surface area contributed by atoms with E-state index < -0.39 is 0 Å². The molecule has 0 atom stereocenters. The van der Waals surface area contributed by atoms with E-state index in [1.54, 1.807) is 0 Å². The summed E-state index contributed by atoms with van der Waals surface area (Å²) in [6, 6.07) is 16.5. The molecule has 2 heteroatoms. The molecule has 0 spiro atoms. The number of hydrogen-bond donors (Lipinski definition) is 2. The van der Waals surface area contributed by atoms with Gasteiger partial charge in [-0.2, -0.15) is 0 Å². The van der Waals surface area contributed by atoms with Crippen molar-refractivity contribution in [1.82, 2.24) is 0 Å². The number of anilines is 1. The molecular formula is C19H28N2. The molecule has 0 saturated carbocycles. The average Bonchev–Trinajstić information content (AvgIpc) is 2.48. The third-order valence-corrected chi connectivity index (χ3v) is 3.44. The summed E-state index contributed by atoms with van der Waals surface area (Å²) >= 11 is 0. The van der Waals surface area contributed by atoms with Crippen molar-refractivity contribution in [3.05, 3.63) is 65.2 Å². The van der Waals surface area contributed by atoms with Gasteiger partial charge in [0.25, 0.3) is 0 Å². The van der Waals surface area contributed by atoms with Gasteiger partial charge < -0.3 is 11.5 Å². The lowest BCUT2D eigenvalue weighted by atomic mass is 9.86. The highest BCUT2D eigenvalue weighted by atomic mass is 14.5. The van der Waals surface area contributed by atoms with Crippen LogP contribution in [-0.4, -0.2) is 0 Å². The van der Waals surface area contributed by atoms with Gasteiger partial charge in [-0.3, -0.25) is 0 Å². The Hall–Kier alpha value is -1.80. The van der Waals surface area contributed by atoms with Crippen LogP contribution in [0.4, 0.5) is 5.69 Å². The van der Waals surface area contributed by atoms with Gasteiger partial charge >= 0.3 is 0 Å². The van der Waals surface area contributed by atoms with Gasteiger partial charge in [0, 0.05) is 12.2 Å². The molecule has 2 nitrogen and oxygen atoms in total. The molecule has 0 aliphatic rings. The molecule has 0 aromatic heterocycles. The predicted molar refractivity (Wildman–Crippen MR) is 93.3 cm³/mol. The van der Waals surface area contributed by atoms with E-state index in [1.807, 2.05) is 24.3 Å². The Labute approximate surface area is 129 Å². The van der Waals surface area contributed by atoms with Crippen molar-refractivity contribution in [1.29, 1.82) is 0 Å². The molecule has 0 aliphatic carbocycles. The van der Waals surface area contributed by atoms with Crippen molar-refractivity contribution >= 4 is 5.69 Å². The first-order valence-electron chi connectivity index (χ1n) is 7.50. The first-order valence-corrected chi connectivity index (χ1v) is 7.50. The van der Waals surface area contributed by atoms with Gasteiger partial charge in [0.15, 0.2) is 0 Å². The third kappa shape index (κ3) is 6.01. The van der Waals surface area contributed by atoms with Crippen LogP contribution < -0.4 is 11.5 Å². The summed E-state index contributed by atoms with van der Waals surface area (Å²) in [6.45, 7) is 9.50. The van der Waals surface area contributed by atoms with Crippen LogP contribution in [0.5, 0.6) is 0 Å². The molecule has 2 aromatic rings. The number of nitrogens with two attached hydrogens (primary N) is 2. The van der Waals surface area contributed by atoms with E-state index in [-0.39, 0.29) is 5.41 Å². The Morgan fingerprint density at radius 3 is 1.67 bits per heavy atom. The van der Waals surface area contributed by atoms with Crippen molar-refractivity contribution in [2.45, 2.75) is 46.1 Å². The molecule has 4 N–H and O–H groups in total. The molecule has 114 valence electrons. The van der Waals surface area contributed by atoms with Crippen LogP contribution in [0, 0.1) is 0 Å². The first-order chi connectivity index (χ1) is 9.86. The molecule has 0 amide bonds. The van der Waals surface area contributed by atoms with Gasteiger partial charge in [-0.05, 0) is 40.7 Å². The van der Waals surface area contributed by atoms with Crippen molar-refractivity contribution < 1.29 is 0 Å². The quantitative estimate of drug-likeness (QED) is 0.809. The first kappa shape index (κ1) is 17.3. The lowest BCUT2D eigenvalue weighted by Gasteiger charge is -2.18. The van der Waals surface area contributed by atoms with Crippen molar-refractivity contribution in [2.75, 3.05) is 5.73 Å². The minimum atomic E-state index is 0.284. The van der Waals surface area contributed by atoms with Crippen molar-refractivity contribution in [3.8, 4) is 0 Å². The molecular weight excluding hydrogens is 256 g/mol. The zero-order chi connectivity index (χ0) is 15.9. The summed E-state index contributed by atoms with van der Waals surface area (Å²) in [5, 5.41) is 0. The van der Waals surface area contributed by atoms with E-state index >= 15 is 0 Å². The standard InChI is InChI=1S/C12H18.C7H10N2/c1-5-10-6-8-11(9-7-10)12(2,3)4;8-5-6-1-3-7(9)4-2-6/h6-9H,5H2,1-4H3;1-4H,5,8-9H2. The summed E-state index contributed by atoms with van der Waals surface area (Å²) in [7, 11) is 0. The predicted octanol–water partition coefficient (Wildman–Crippen LogP) is 4.27. The highest BCUT2D eigenvalue weighted by molar-refractivity contribution is 5.39. The third-order valence-electron chi connectivity index (χ3n) is 3.44. The molecule has 21 heavy (non-hydrogen) atoms. The van der Waals surface area contributed by atoms with E-state index in [0.717, 1.165) is 17.7 Å². The van der Waals surface area contributed by atoms with Crippen LogP contribution in [0.25, 0.3) is 0 Å². The van der Waals surface area contributed by atoms with Crippen LogP contribution in [0.2, 0.25) is 0 Å². The van der Waals surface area contributed by atoms with Crippen LogP contribution >= 0.6 is 0 Å². The number of benzene rings is 2. The summed E-state index contributed by atoms with van der Waals surface area (Å²) in [5.41, 5.74) is 15.8. The van der Waals surface area contributed by atoms with E-state index in [9.17, 15) is 0 Å². The zero-order valence-corrected chi connectivity index (χ0v) is 13.7. The van der Waals surface area contributed by atoms with Crippen LogP contribution in [0.1, 0.15) is 44.4 Å². The molecule has 0 unspecified atom stereocenters. The zero-order valence-electron chi connectivity index (χ0n) is 13.7. The van der Waals surface area contributed by atoms with Gasteiger partial charge in [-0.1, -0.05) is 64.1 Å². The maximum Gasteiger partial charge on any atom is 0.0314 e. The fourth-order valence-electron chi connectivity index (χ4n) is 1.89. The maximum atomic E-state index is 5.44. The molecule has 0 radical (unpaired) electrons. The lowest BCUT2D eigenvalue weighted by Crippen LogP contribution is -2.10. The largest absolute Gasteiger partial charge is 0.399 e. The minimum absolute atomic E-state index is 0.284. The Morgan fingerprint density at radius 1 is 0.810 bits per heavy atom. The molecule has 0 heterocycles. The second-order valence-electron chi connectivity index (χ2n) is 6.25. The second kappa shape index (κ2) is 7.84. The van der Waals surface area contributed by atoms with E-state index in [1.165, 1.54) is 11.1 Å². The summed E-state index contributed by atoms with van der Waals surface area (Å²) < 4.78 is 0. The summed E-state index contributed by atoms with van der Waals surface area (Å²) in [5.74, 6) is 0. The molecule has 2 aromatic carbocycles. The van der Waals surface area contributed by atoms with Gasteiger partial charge in [-0.15, -0.1) is 0 Å². The molecule has 0 aliphatic heterocycles. The molecule has 0 saturated heterocycles. The van der Waals surface area contributed by atoms with Crippen LogP contribution in [0.3, 0.4) is 0 Å². The number of rotatable bonds is 2. The fraction of sp³-hybridized carbons (Fsp3) is 0.368. The minimum Gasteiger partial charge on any atom is -0.399 e. The van der Waals surface area contributed by atoms with E-state index in [2.05, 4.69) is 52.0 Å². The molecule has 0 bridgehead atoms. The normalized spacial score (nSPS) is 10.7. The van der Waals surface area contributed by atoms with Crippen molar-refractivity contribution in [2.24, 2.45) is 5.73 Å². The van der Waals surface area contributed by atoms with Gasteiger partial charge in [0.1, 0.15) is 0 Å². The Morgan fingerprint density at radius 2 is 1.29 bits per heavy atom. The summed E-state index contributed by atoms with van der Waals surface area (Å²) in [4.78, 5) is 0. The number of nitrogen functional groups attached to an aromatic ring is 1. The Bertz CT molecular complexity index is 519. The average molecular weight is 284 g/mol. The van der Waals surface area contributed by atoms with Gasteiger partial charge in [-0.25, -0.2) is 0 Å². The Kier molecular flexibility index (Phi) is 6.44. The van der Waals surface area contributed by atoms with E-state index in [4.69, 9.17) is 11.5 Å². The second-order valence-corrected chi connectivity index (χ2v) is 6.25. The SMILES string of the molecule is CCc1ccc(C(C)(C)C)cc1.NCc1ccc(N)cc1.